The highest BCUT2D eigenvalue weighted by atomic mass is 16.1. The van der Waals surface area contributed by atoms with E-state index in [4.69, 9.17) is 5.73 Å². The van der Waals surface area contributed by atoms with E-state index in [2.05, 4.69) is 31.0 Å². The number of hydrogen-bond donors (Lipinski definition) is 2. The van der Waals surface area contributed by atoms with Crippen molar-refractivity contribution in [2.75, 3.05) is 26.2 Å². The Kier molecular flexibility index (Phi) is 5.40. The molecule has 3 N–H and O–H groups in total. The van der Waals surface area contributed by atoms with Gasteiger partial charge >= 0.3 is 0 Å². The SMILES string of the molecule is CCCNC(CN1CCCC(C)(C)C1)C(N)=O. The first kappa shape index (κ1) is 14.5. The Balaban J connectivity index is 2.46. The molecule has 0 radical (unpaired) electrons. The predicted molar refractivity (Wildman–Crippen MR) is 70.7 cm³/mol. The molecular weight excluding hydrogens is 214 g/mol. The van der Waals surface area contributed by atoms with Crippen LogP contribution < -0.4 is 11.1 Å². The van der Waals surface area contributed by atoms with Gasteiger partial charge in [0.05, 0.1) is 6.04 Å². The molecule has 1 unspecified atom stereocenters. The first-order valence-electron chi connectivity index (χ1n) is 6.69. The first-order valence-corrected chi connectivity index (χ1v) is 6.69. The summed E-state index contributed by atoms with van der Waals surface area (Å²) in [6.45, 7) is 10.4. The molecule has 4 nitrogen and oxygen atoms in total. The second-order valence-electron chi connectivity index (χ2n) is 5.91. The van der Waals surface area contributed by atoms with Crippen LogP contribution in [-0.4, -0.2) is 43.0 Å². The van der Waals surface area contributed by atoms with Crippen molar-refractivity contribution in [1.29, 1.82) is 0 Å². The molecule has 4 heteroatoms. The fraction of sp³-hybridized carbons (Fsp3) is 0.923. The topological polar surface area (TPSA) is 58.4 Å². The normalized spacial score (nSPS) is 22.3. The summed E-state index contributed by atoms with van der Waals surface area (Å²) in [5, 5.41) is 3.23. The number of amides is 1. The number of nitrogens with two attached hydrogens (primary N) is 1. The molecule has 0 aromatic rings. The summed E-state index contributed by atoms with van der Waals surface area (Å²) in [5.41, 5.74) is 5.80. The van der Waals surface area contributed by atoms with Crippen molar-refractivity contribution in [3.63, 3.8) is 0 Å². The van der Waals surface area contributed by atoms with E-state index < -0.39 is 0 Å². The van der Waals surface area contributed by atoms with Gasteiger partial charge in [0.15, 0.2) is 0 Å². The third-order valence-electron chi connectivity index (χ3n) is 3.40. The van der Waals surface area contributed by atoms with E-state index in [0.29, 0.717) is 5.41 Å². The minimum Gasteiger partial charge on any atom is -0.368 e. The van der Waals surface area contributed by atoms with Crippen LogP contribution in [0.1, 0.15) is 40.0 Å². The highest BCUT2D eigenvalue weighted by Gasteiger charge is 2.28. The van der Waals surface area contributed by atoms with E-state index in [9.17, 15) is 4.79 Å². The zero-order chi connectivity index (χ0) is 12.9. The van der Waals surface area contributed by atoms with E-state index in [0.717, 1.165) is 32.6 Å². The first-order chi connectivity index (χ1) is 7.94. The van der Waals surface area contributed by atoms with E-state index in [-0.39, 0.29) is 11.9 Å². The van der Waals surface area contributed by atoms with Gasteiger partial charge in [-0.15, -0.1) is 0 Å². The maximum absolute atomic E-state index is 11.4. The number of nitrogens with one attached hydrogen (secondary N) is 1. The molecule has 1 fully saturated rings. The number of primary amides is 1. The number of likely N-dealkylation sites (tertiary alicyclic amines) is 1. The Morgan fingerprint density at radius 3 is 2.76 bits per heavy atom. The zero-order valence-corrected chi connectivity index (χ0v) is 11.5. The lowest BCUT2D eigenvalue weighted by molar-refractivity contribution is -0.120. The van der Waals surface area contributed by atoms with Crippen LogP contribution in [0.25, 0.3) is 0 Å². The predicted octanol–water partition coefficient (Wildman–Crippen LogP) is 0.962. The van der Waals surface area contributed by atoms with E-state index in [1.165, 1.54) is 12.8 Å². The molecule has 0 spiro atoms. The number of hydrogen-bond acceptors (Lipinski definition) is 3. The Bertz CT molecular complexity index is 253. The smallest absolute Gasteiger partial charge is 0.235 e. The van der Waals surface area contributed by atoms with Gasteiger partial charge in [-0.25, -0.2) is 0 Å². The van der Waals surface area contributed by atoms with E-state index >= 15 is 0 Å². The minimum absolute atomic E-state index is 0.205. The van der Waals surface area contributed by atoms with E-state index in [1.807, 2.05) is 0 Å². The van der Waals surface area contributed by atoms with Crippen LogP contribution in [0.4, 0.5) is 0 Å². The van der Waals surface area contributed by atoms with Crippen molar-refractivity contribution in [2.45, 2.75) is 46.1 Å². The molecule has 100 valence electrons. The monoisotopic (exact) mass is 241 g/mol. The fourth-order valence-corrected chi connectivity index (χ4v) is 2.53. The third kappa shape index (κ3) is 5.04. The molecule has 1 saturated heterocycles. The summed E-state index contributed by atoms with van der Waals surface area (Å²) < 4.78 is 0. The lowest BCUT2D eigenvalue weighted by atomic mass is 9.84. The molecule has 17 heavy (non-hydrogen) atoms. The largest absolute Gasteiger partial charge is 0.368 e. The van der Waals surface area contributed by atoms with Gasteiger partial charge in [-0.1, -0.05) is 20.8 Å². The van der Waals surface area contributed by atoms with Crippen molar-refractivity contribution >= 4 is 5.91 Å². The van der Waals surface area contributed by atoms with Crippen molar-refractivity contribution in [3.8, 4) is 0 Å². The molecule has 0 bridgehead atoms. The molecule has 0 saturated carbocycles. The maximum Gasteiger partial charge on any atom is 0.235 e. The molecular formula is C13H27N3O. The molecule has 0 aromatic heterocycles. The van der Waals surface area contributed by atoms with Gasteiger partial charge in [0, 0.05) is 13.1 Å². The molecule has 1 rings (SSSR count). The van der Waals surface area contributed by atoms with Crippen LogP contribution in [0, 0.1) is 5.41 Å². The molecule has 0 aliphatic carbocycles. The summed E-state index contributed by atoms with van der Waals surface area (Å²) in [4.78, 5) is 13.7. The van der Waals surface area contributed by atoms with Crippen LogP contribution in [0.5, 0.6) is 0 Å². The van der Waals surface area contributed by atoms with Gasteiger partial charge in [-0.3, -0.25) is 4.79 Å². The molecule has 0 aromatic carbocycles. The standard InChI is InChI=1S/C13H27N3O/c1-4-7-15-11(12(14)17)9-16-8-5-6-13(2,3)10-16/h11,15H,4-10H2,1-3H3,(H2,14,17). The maximum atomic E-state index is 11.4. The van der Waals surface area contributed by atoms with Crippen molar-refractivity contribution in [3.05, 3.63) is 0 Å². The van der Waals surface area contributed by atoms with Gasteiger partial charge in [-0.2, -0.15) is 0 Å². The zero-order valence-electron chi connectivity index (χ0n) is 11.5. The van der Waals surface area contributed by atoms with Gasteiger partial charge in [0.2, 0.25) is 5.91 Å². The van der Waals surface area contributed by atoms with Crippen LogP contribution in [0.3, 0.4) is 0 Å². The van der Waals surface area contributed by atoms with Crippen molar-refractivity contribution in [2.24, 2.45) is 11.1 Å². The molecule has 1 atom stereocenters. The van der Waals surface area contributed by atoms with E-state index in [1.54, 1.807) is 0 Å². The summed E-state index contributed by atoms with van der Waals surface area (Å²) >= 11 is 0. The average Bonchev–Trinajstić information content (AvgIpc) is 2.22. The second kappa shape index (κ2) is 6.36. The average molecular weight is 241 g/mol. The van der Waals surface area contributed by atoms with Crippen molar-refractivity contribution in [1.82, 2.24) is 10.2 Å². The van der Waals surface area contributed by atoms with Crippen molar-refractivity contribution < 1.29 is 4.79 Å². The number of piperidine rings is 1. The third-order valence-corrected chi connectivity index (χ3v) is 3.40. The van der Waals surface area contributed by atoms with Crippen LogP contribution in [0.15, 0.2) is 0 Å². The quantitative estimate of drug-likeness (QED) is 0.728. The molecule has 1 aliphatic rings. The Morgan fingerprint density at radius 2 is 2.24 bits per heavy atom. The van der Waals surface area contributed by atoms with Crippen LogP contribution in [0.2, 0.25) is 0 Å². The van der Waals surface area contributed by atoms with Crippen LogP contribution >= 0.6 is 0 Å². The minimum atomic E-state index is -0.234. The van der Waals surface area contributed by atoms with Gasteiger partial charge in [-0.05, 0) is 37.8 Å². The number of nitrogens with zero attached hydrogens (tertiary/aromatic N) is 1. The van der Waals surface area contributed by atoms with Gasteiger partial charge in [0.25, 0.3) is 0 Å². The summed E-state index contributed by atoms with van der Waals surface area (Å²) in [6.07, 6.45) is 3.51. The van der Waals surface area contributed by atoms with Gasteiger partial charge < -0.3 is 16.0 Å². The second-order valence-corrected chi connectivity index (χ2v) is 5.91. The lowest BCUT2D eigenvalue weighted by Crippen LogP contribution is -2.52. The Labute approximate surface area is 105 Å². The molecule has 1 aliphatic heterocycles. The highest BCUT2D eigenvalue weighted by molar-refractivity contribution is 5.80. The van der Waals surface area contributed by atoms with Gasteiger partial charge in [0.1, 0.15) is 0 Å². The lowest BCUT2D eigenvalue weighted by Gasteiger charge is -2.39. The number of rotatable bonds is 6. The molecule has 1 amide bonds. The number of carbonyl (C=O) groups excluding carboxylic acids is 1. The Hall–Kier alpha value is -0.610. The summed E-state index contributed by atoms with van der Waals surface area (Å²) in [5.74, 6) is -0.234. The summed E-state index contributed by atoms with van der Waals surface area (Å²) in [6, 6.07) is -0.205. The molecule has 1 heterocycles. The summed E-state index contributed by atoms with van der Waals surface area (Å²) in [7, 11) is 0. The number of carbonyl (C=O) groups is 1. The Morgan fingerprint density at radius 1 is 1.53 bits per heavy atom. The highest BCUT2D eigenvalue weighted by Crippen LogP contribution is 2.28. The van der Waals surface area contributed by atoms with Crippen LogP contribution in [-0.2, 0) is 4.79 Å². The fourth-order valence-electron chi connectivity index (χ4n) is 2.53.